The lowest BCUT2D eigenvalue weighted by Gasteiger charge is -2.39. The molecule has 3 fully saturated rings. The maximum Gasteiger partial charge on any atom is 0.310 e. The summed E-state index contributed by atoms with van der Waals surface area (Å²) in [5.74, 6) is -3.73. The first kappa shape index (κ1) is 23.4. The Morgan fingerprint density at radius 1 is 1.36 bits per heavy atom. The molecule has 33 heavy (non-hydrogen) atoms. The Morgan fingerprint density at radius 3 is 2.70 bits per heavy atom. The van der Waals surface area contributed by atoms with E-state index in [1.54, 1.807) is 23.1 Å². The number of ether oxygens (including phenoxy) is 1. The van der Waals surface area contributed by atoms with E-state index >= 15 is 0 Å². The summed E-state index contributed by atoms with van der Waals surface area (Å²) >= 11 is 0. The Bertz CT molecular complexity index is 921. The third-order valence-corrected chi connectivity index (χ3v) is 7.39. The van der Waals surface area contributed by atoms with Crippen LogP contribution in [0.25, 0.3) is 0 Å². The Labute approximate surface area is 193 Å². The van der Waals surface area contributed by atoms with E-state index in [4.69, 9.17) is 4.74 Å². The lowest BCUT2D eigenvalue weighted by molar-refractivity contribution is -0.153. The van der Waals surface area contributed by atoms with Crippen LogP contribution in [0.1, 0.15) is 44.2 Å². The second-order valence-electron chi connectivity index (χ2n) is 9.18. The van der Waals surface area contributed by atoms with E-state index in [1.807, 2.05) is 25.1 Å². The number of amides is 2. The van der Waals surface area contributed by atoms with Gasteiger partial charge in [-0.2, -0.15) is 0 Å². The maximum atomic E-state index is 14.0. The second-order valence-corrected chi connectivity index (χ2v) is 9.18. The number of likely N-dealkylation sites (tertiary alicyclic amines) is 1. The monoisotopic (exact) mass is 456 g/mol. The first-order chi connectivity index (χ1) is 15.9. The normalized spacial score (nSPS) is 30.8. The number of unbranched alkanes of at least 4 members (excludes halogenated alkanes) is 1. The van der Waals surface area contributed by atoms with E-state index in [9.17, 15) is 24.6 Å². The molecule has 0 aromatic heterocycles. The molecule has 1 spiro atoms. The van der Waals surface area contributed by atoms with Crippen molar-refractivity contribution >= 4 is 17.8 Å². The van der Waals surface area contributed by atoms with Crippen LogP contribution in [0.2, 0.25) is 0 Å². The average molecular weight is 457 g/mol. The van der Waals surface area contributed by atoms with Crippen LogP contribution in [-0.2, 0) is 19.1 Å². The van der Waals surface area contributed by atoms with Crippen LogP contribution in [0.5, 0.6) is 0 Å². The van der Waals surface area contributed by atoms with Gasteiger partial charge in [0.2, 0.25) is 11.8 Å². The number of aliphatic carboxylic acids is 1. The molecule has 0 saturated carbocycles. The van der Waals surface area contributed by atoms with E-state index in [0.717, 1.165) is 12.8 Å². The zero-order valence-corrected chi connectivity index (χ0v) is 18.9. The van der Waals surface area contributed by atoms with Gasteiger partial charge in [-0.3, -0.25) is 14.4 Å². The highest BCUT2D eigenvalue weighted by atomic mass is 16.5. The van der Waals surface area contributed by atoms with Crippen LogP contribution in [0, 0.1) is 11.8 Å². The van der Waals surface area contributed by atoms with Crippen molar-refractivity contribution in [3.05, 3.63) is 48.6 Å². The number of rotatable bonds is 10. The smallest absolute Gasteiger partial charge is 0.310 e. The van der Waals surface area contributed by atoms with E-state index in [1.165, 1.54) is 4.90 Å². The van der Waals surface area contributed by atoms with Gasteiger partial charge in [-0.15, -0.1) is 6.58 Å². The maximum absolute atomic E-state index is 14.0. The quantitative estimate of drug-likeness (QED) is 0.522. The highest BCUT2D eigenvalue weighted by Gasteiger charge is 2.75. The number of carbonyl (C=O) groups excluding carboxylic acids is 2. The Hall–Kier alpha value is -2.71. The molecule has 0 aliphatic carbocycles. The van der Waals surface area contributed by atoms with Gasteiger partial charge in [0.25, 0.3) is 0 Å². The van der Waals surface area contributed by atoms with Crippen LogP contribution in [0.4, 0.5) is 0 Å². The number of aliphatic hydroxyl groups is 1. The van der Waals surface area contributed by atoms with Crippen molar-refractivity contribution in [2.45, 2.75) is 56.4 Å². The van der Waals surface area contributed by atoms with Crippen molar-refractivity contribution < 1.29 is 29.3 Å². The molecule has 3 aliphatic rings. The molecule has 8 heteroatoms. The molecule has 3 heterocycles. The molecule has 1 aromatic rings. The second kappa shape index (κ2) is 9.27. The number of nitrogens with zero attached hydrogens (tertiary/aromatic N) is 2. The van der Waals surface area contributed by atoms with Gasteiger partial charge < -0.3 is 24.7 Å². The van der Waals surface area contributed by atoms with Gasteiger partial charge in [0.05, 0.1) is 30.6 Å². The SMILES string of the molecule is C=CCN(CCCC)C(=O)C1N([C@H](CO)c2ccccc2)C(=O)[C@@H]2[C@@H](C(=O)O)[C@H]3CCC12O3. The fraction of sp³-hybridized carbons (Fsp3) is 0.560. The predicted molar refractivity (Wildman–Crippen MR) is 120 cm³/mol. The summed E-state index contributed by atoms with van der Waals surface area (Å²) < 4.78 is 6.26. The minimum atomic E-state index is -1.20. The molecule has 0 radical (unpaired) electrons. The van der Waals surface area contributed by atoms with Crippen molar-refractivity contribution in [1.29, 1.82) is 0 Å². The van der Waals surface area contributed by atoms with E-state index in [2.05, 4.69) is 6.58 Å². The van der Waals surface area contributed by atoms with E-state index in [0.29, 0.717) is 31.5 Å². The number of hydrogen-bond acceptors (Lipinski definition) is 5. The zero-order valence-electron chi connectivity index (χ0n) is 18.9. The highest BCUT2D eigenvalue weighted by Crippen LogP contribution is 2.59. The summed E-state index contributed by atoms with van der Waals surface area (Å²) in [6, 6.07) is 7.27. The summed E-state index contributed by atoms with van der Waals surface area (Å²) in [5.41, 5.74) is -0.511. The standard InChI is InChI=1S/C25H32N2O6/c1-3-5-14-26(13-4-2)23(30)21-25-12-11-18(33-25)19(24(31)32)20(25)22(29)27(21)17(15-28)16-9-7-6-8-10-16/h4,6-10,17-21,28H,2-3,5,11-15H2,1H3,(H,31,32)/t17-,18-,19+,20+,21?,25?/m1/s1. The fourth-order valence-electron chi connectivity index (χ4n) is 5.99. The van der Waals surface area contributed by atoms with Gasteiger partial charge >= 0.3 is 5.97 Å². The fourth-order valence-corrected chi connectivity index (χ4v) is 5.99. The van der Waals surface area contributed by atoms with Crippen molar-refractivity contribution in [2.75, 3.05) is 19.7 Å². The third-order valence-electron chi connectivity index (χ3n) is 7.39. The van der Waals surface area contributed by atoms with Crippen LogP contribution in [0.3, 0.4) is 0 Å². The molecule has 3 saturated heterocycles. The van der Waals surface area contributed by atoms with Crippen LogP contribution < -0.4 is 0 Å². The molecule has 6 atom stereocenters. The molecule has 2 amide bonds. The van der Waals surface area contributed by atoms with Gasteiger partial charge in [-0.1, -0.05) is 49.8 Å². The third kappa shape index (κ3) is 3.65. The first-order valence-electron chi connectivity index (χ1n) is 11.7. The van der Waals surface area contributed by atoms with Crippen molar-refractivity contribution in [3.63, 3.8) is 0 Å². The average Bonchev–Trinajstić information content (AvgIpc) is 3.45. The number of benzene rings is 1. The topological polar surface area (TPSA) is 107 Å². The van der Waals surface area contributed by atoms with Crippen molar-refractivity contribution in [3.8, 4) is 0 Å². The molecular weight excluding hydrogens is 424 g/mol. The summed E-state index contributed by atoms with van der Waals surface area (Å²) in [7, 11) is 0. The summed E-state index contributed by atoms with van der Waals surface area (Å²) in [4.78, 5) is 43.1. The van der Waals surface area contributed by atoms with Crippen LogP contribution in [0.15, 0.2) is 43.0 Å². The van der Waals surface area contributed by atoms with Crippen molar-refractivity contribution in [2.24, 2.45) is 11.8 Å². The van der Waals surface area contributed by atoms with Gasteiger partial charge in [0, 0.05) is 13.1 Å². The molecule has 178 valence electrons. The Balaban J connectivity index is 1.81. The van der Waals surface area contributed by atoms with Gasteiger partial charge in [0.1, 0.15) is 11.6 Å². The molecule has 4 rings (SSSR count). The van der Waals surface area contributed by atoms with Crippen molar-refractivity contribution in [1.82, 2.24) is 9.80 Å². The number of carboxylic acids is 1. The minimum absolute atomic E-state index is 0.278. The summed E-state index contributed by atoms with van der Waals surface area (Å²) in [6.07, 6.45) is 3.68. The molecule has 2 unspecified atom stereocenters. The first-order valence-corrected chi connectivity index (χ1v) is 11.7. The number of aliphatic hydroxyl groups excluding tert-OH is 1. The molecular formula is C25H32N2O6. The number of carboxylic acid groups (broad SMARTS) is 1. The highest BCUT2D eigenvalue weighted by molar-refractivity contribution is 5.98. The van der Waals surface area contributed by atoms with E-state index < -0.39 is 47.5 Å². The lowest BCUT2D eigenvalue weighted by Crippen LogP contribution is -2.57. The summed E-state index contributed by atoms with van der Waals surface area (Å²) in [5, 5.41) is 20.3. The van der Waals surface area contributed by atoms with Gasteiger partial charge in [-0.05, 0) is 24.8 Å². The molecule has 8 nitrogen and oxygen atoms in total. The Kier molecular flexibility index (Phi) is 6.59. The molecule has 2 N–H and O–H groups in total. The number of carbonyl (C=O) groups is 3. The molecule has 1 aromatic carbocycles. The van der Waals surface area contributed by atoms with Gasteiger partial charge in [-0.25, -0.2) is 0 Å². The largest absolute Gasteiger partial charge is 0.481 e. The number of fused-ring (bicyclic) bond motifs is 1. The van der Waals surface area contributed by atoms with Gasteiger partial charge in [0.15, 0.2) is 0 Å². The molecule has 3 aliphatic heterocycles. The zero-order chi connectivity index (χ0) is 23.8. The summed E-state index contributed by atoms with van der Waals surface area (Å²) in [6.45, 7) is 6.24. The van der Waals surface area contributed by atoms with Crippen LogP contribution in [-0.4, -0.2) is 75.2 Å². The predicted octanol–water partition coefficient (Wildman–Crippen LogP) is 1.99. The Morgan fingerprint density at radius 2 is 2.09 bits per heavy atom. The lowest BCUT2D eigenvalue weighted by atomic mass is 9.70. The number of hydrogen-bond donors (Lipinski definition) is 2. The van der Waals surface area contributed by atoms with Crippen LogP contribution >= 0.6 is 0 Å². The molecule has 2 bridgehead atoms. The van der Waals surface area contributed by atoms with E-state index in [-0.39, 0.29) is 12.5 Å². The minimum Gasteiger partial charge on any atom is -0.481 e.